The van der Waals surface area contributed by atoms with Crippen molar-refractivity contribution < 1.29 is 4.42 Å². The average molecular weight is 852 g/mol. The number of nitrogens with zero attached hydrogens (tertiary/aromatic N) is 1. The van der Waals surface area contributed by atoms with Gasteiger partial charge in [-0.3, -0.25) is 0 Å². The molecule has 2 aliphatic carbocycles. The lowest BCUT2D eigenvalue weighted by atomic mass is 9.70. The van der Waals surface area contributed by atoms with Crippen LogP contribution in [-0.4, -0.2) is 0 Å². The third kappa shape index (κ3) is 5.51. The Morgan fingerprint density at radius 1 is 0.299 bits per heavy atom. The van der Waals surface area contributed by atoms with Crippen molar-refractivity contribution in [2.45, 2.75) is 5.41 Å². The molecule has 312 valence electrons. The molecule has 0 radical (unpaired) electrons. The Morgan fingerprint density at radius 3 is 1.49 bits per heavy atom. The van der Waals surface area contributed by atoms with E-state index in [-0.39, 0.29) is 0 Å². The van der Waals surface area contributed by atoms with Crippen molar-refractivity contribution in [3.63, 3.8) is 0 Å². The first kappa shape index (κ1) is 37.6. The van der Waals surface area contributed by atoms with Crippen LogP contribution in [0, 0.1) is 0 Å². The van der Waals surface area contributed by atoms with Crippen LogP contribution in [0.25, 0.3) is 88.3 Å². The van der Waals surface area contributed by atoms with Crippen LogP contribution in [-0.2, 0) is 5.41 Å². The van der Waals surface area contributed by atoms with Gasteiger partial charge >= 0.3 is 0 Å². The summed E-state index contributed by atoms with van der Waals surface area (Å²) in [4.78, 5) is 2.41. The number of benzene rings is 11. The minimum absolute atomic E-state index is 0.471. The van der Waals surface area contributed by atoms with Crippen molar-refractivity contribution in [3.8, 4) is 55.6 Å². The molecule has 67 heavy (non-hydrogen) atoms. The maximum Gasteiger partial charge on any atom is 0.136 e. The van der Waals surface area contributed by atoms with Crippen molar-refractivity contribution >= 4 is 49.8 Å². The molecule has 0 saturated carbocycles. The summed E-state index contributed by atoms with van der Waals surface area (Å²) in [5.41, 5.74) is 22.3. The zero-order valence-corrected chi connectivity index (χ0v) is 36.5. The van der Waals surface area contributed by atoms with Crippen LogP contribution in [0.4, 0.5) is 17.1 Å². The van der Waals surface area contributed by atoms with E-state index in [0.29, 0.717) is 0 Å². The summed E-state index contributed by atoms with van der Waals surface area (Å²) in [6, 6.07) is 91.1. The van der Waals surface area contributed by atoms with Gasteiger partial charge in [-0.05, 0) is 132 Å². The van der Waals surface area contributed by atoms with Gasteiger partial charge in [0.15, 0.2) is 0 Å². The molecule has 0 saturated heterocycles. The molecule has 2 nitrogen and oxygen atoms in total. The Bertz CT molecular complexity index is 3820. The maximum atomic E-state index is 6.50. The quantitative estimate of drug-likeness (QED) is 0.166. The highest BCUT2D eigenvalue weighted by Crippen LogP contribution is 2.64. The summed E-state index contributed by atoms with van der Waals surface area (Å²) >= 11 is 0. The second-order valence-electron chi connectivity index (χ2n) is 17.9. The van der Waals surface area contributed by atoms with E-state index in [0.717, 1.165) is 33.6 Å². The first-order valence-electron chi connectivity index (χ1n) is 23.2. The highest BCUT2D eigenvalue weighted by molar-refractivity contribution is 6.16. The second-order valence-corrected chi connectivity index (χ2v) is 17.9. The van der Waals surface area contributed by atoms with Gasteiger partial charge in [-0.1, -0.05) is 200 Å². The number of furan rings is 1. The van der Waals surface area contributed by atoms with Gasteiger partial charge in [0.2, 0.25) is 0 Å². The van der Waals surface area contributed by atoms with E-state index in [1.165, 1.54) is 94.0 Å². The lowest BCUT2D eigenvalue weighted by molar-refractivity contribution is 0.668. The zero-order chi connectivity index (χ0) is 44.1. The van der Waals surface area contributed by atoms with E-state index < -0.39 is 5.41 Å². The molecule has 1 unspecified atom stereocenters. The molecule has 12 aromatic rings. The fourth-order valence-electron chi connectivity index (χ4n) is 11.6. The van der Waals surface area contributed by atoms with Gasteiger partial charge in [0, 0.05) is 27.5 Å². The highest BCUT2D eigenvalue weighted by Gasteiger charge is 2.52. The SMILES string of the molecule is c1ccc(-c2ccc(N(c3ccc(-c4ccccc4)cc3)c3ccc(-c4ccc5c(c4)-c4ccccc4C54c5ccccc5-c5c4ccc4oc6ccccc6c54)c4ccccc34)cc2)cc1. The zero-order valence-electron chi connectivity index (χ0n) is 36.5. The second kappa shape index (κ2) is 14.7. The van der Waals surface area contributed by atoms with Crippen LogP contribution >= 0.6 is 0 Å². The molecule has 1 spiro atoms. The first-order valence-corrected chi connectivity index (χ1v) is 23.2. The van der Waals surface area contributed by atoms with Crippen molar-refractivity contribution in [2.24, 2.45) is 0 Å². The van der Waals surface area contributed by atoms with Crippen LogP contribution in [0.15, 0.2) is 253 Å². The van der Waals surface area contributed by atoms with Gasteiger partial charge in [-0.25, -0.2) is 0 Å². The van der Waals surface area contributed by atoms with Crippen molar-refractivity contribution in [3.05, 3.63) is 271 Å². The minimum atomic E-state index is -0.471. The van der Waals surface area contributed by atoms with E-state index in [1.807, 2.05) is 0 Å². The van der Waals surface area contributed by atoms with Crippen LogP contribution in [0.2, 0.25) is 0 Å². The number of fused-ring (bicyclic) bond motifs is 15. The van der Waals surface area contributed by atoms with E-state index in [4.69, 9.17) is 4.42 Å². The highest BCUT2D eigenvalue weighted by atomic mass is 16.3. The number of hydrogen-bond donors (Lipinski definition) is 0. The van der Waals surface area contributed by atoms with E-state index in [1.54, 1.807) is 0 Å². The lowest BCUT2D eigenvalue weighted by Gasteiger charge is -2.30. The van der Waals surface area contributed by atoms with Crippen molar-refractivity contribution in [2.75, 3.05) is 4.90 Å². The first-order chi connectivity index (χ1) is 33.2. The van der Waals surface area contributed by atoms with E-state index >= 15 is 0 Å². The molecule has 1 atom stereocenters. The smallest absolute Gasteiger partial charge is 0.136 e. The number of rotatable bonds is 6. The summed E-state index contributed by atoms with van der Waals surface area (Å²) < 4.78 is 6.50. The third-order valence-corrected chi connectivity index (χ3v) is 14.5. The van der Waals surface area contributed by atoms with Crippen molar-refractivity contribution in [1.82, 2.24) is 0 Å². The Balaban J connectivity index is 0.938. The molecule has 11 aromatic carbocycles. The van der Waals surface area contributed by atoms with Crippen LogP contribution < -0.4 is 4.90 Å². The Morgan fingerprint density at radius 2 is 0.806 bits per heavy atom. The van der Waals surface area contributed by atoms with Gasteiger partial charge in [0.25, 0.3) is 0 Å². The fraction of sp³-hybridized carbons (Fsp3) is 0.0154. The number of anilines is 3. The molecular formula is C65H41NO. The Kier molecular flexibility index (Phi) is 8.23. The molecule has 14 rings (SSSR count). The van der Waals surface area contributed by atoms with E-state index in [2.05, 4.69) is 254 Å². The largest absolute Gasteiger partial charge is 0.456 e. The summed E-state index contributed by atoms with van der Waals surface area (Å²) in [5, 5.41) is 4.75. The topological polar surface area (TPSA) is 16.4 Å². The molecule has 1 heterocycles. The molecule has 0 aliphatic heterocycles. The van der Waals surface area contributed by atoms with Crippen molar-refractivity contribution in [1.29, 1.82) is 0 Å². The maximum absolute atomic E-state index is 6.50. The van der Waals surface area contributed by atoms with Gasteiger partial charge in [-0.15, -0.1) is 0 Å². The number of para-hydroxylation sites is 1. The third-order valence-electron chi connectivity index (χ3n) is 14.5. The van der Waals surface area contributed by atoms with Crippen LogP contribution in [0.5, 0.6) is 0 Å². The molecular weight excluding hydrogens is 811 g/mol. The van der Waals surface area contributed by atoms with Gasteiger partial charge in [0.1, 0.15) is 11.2 Å². The molecule has 1 aromatic heterocycles. The monoisotopic (exact) mass is 851 g/mol. The summed E-state index contributed by atoms with van der Waals surface area (Å²) in [5.74, 6) is 0. The predicted molar refractivity (Wildman–Crippen MR) is 279 cm³/mol. The van der Waals surface area contributed by atoms with Gasteiger partial charge in [-0.2, -0.15) is 0 Å². The normalized spacial score (nSPS) is 14.3. The summed E-state index contributed by atoms with van der Waals surface area (Å²) in [6.07, 6.45) is 0. The summed E-state index contributed by atoms with van der Waals surface area (Å²) in [6.45, 7) is 0. The molecule has 0 fully saturated rings. The minimum Gasteiger partial charge on any atom is -0.456 e. The molecule has 2 aliphatic rings. The Labute approximate surface area is 389 Å². The van der Waals surface area contributed by atoms with Crippen LogP contribution in [0.3, 0.4) is 0 Å². The molecule has 0 bridgehead atoms. The van der Waals surface area contributed by atoms with Gasteiger partial charge in [0.05, 0.1) is 11.1 Å². The van der Waals surface area contributed by atoms with Crippen LogP contribution in [0.1, 0.15) is 22.3 Å². The summed E-state index contributed by atoms with van der Waals surface area (Å²) in [7, 11) is 0. The fourth-order valence-corrected chi connectivity index (χ4v) is 11.6. The lowest BCUT2D eigenvalue weighted by Crippen LogP contribution is -2.25. The standard InChI is InChI=1S/C65H41NO/c1-3-15-42(16-4-1)44-27-32-47(33-28-44)66(48-34-29-45(30-35-48)43-17-5-2-6-18-43)60-39-36-49(50-19-7-8-21-52(50)60)46-31-37-58-55(41-46)51-20-9-12-24-56(51)65(58)57-25-13-10-22-53(57)63-59(65)38-40-62-64(63)54-23-11-14-26-61(54)67-62/h1-41H. The molecule has 0 amide bonds. The predicted octanol–water partition coefficient (Wildman–Crippen LogP) is 17.6. The Hall–Kier alpha value is -8.72. The number of hydrogen-bond acceptors (Lipinski definition) is 2. The van der Waals surface area contributed by atoms with E-state index in [9.17, 15) is 0 Å². The average Bonchev–Trinajstić information content (AvgIpc) is 4.03. The molecule has 2 heteroatoms. The van der Waals surface area contributed by atoms with Gasteiger partial charge < -0.3 is 9.32 Å². The molecule has 0 N–H and O–H groups in total.